The molecule has 0 saturated heterocycles. The summed E-state index contributed by atoms with van der Waals surface area (Å²) < 4.78 is 1.08. The molecule has 1 aromatic carbocycles. The van der Waals surface area contributed by atoms with Gasteiger partial charge in [0.1, 0.15) is 0 Å². The Bertz CT molecular complexity index is 250. The third-order valence-corrected chi connectivity index (χ3v) is 1.57. The van der Waals surface area contributed by atoms with Crippen molar-refractivity contribution in [3.63, 3.8) is 0 Å². The van der Waals surface area contributed by atoms with E-state index in [1.807, 2.05) is 18.2 Å². The minimum Gasteiger partial charge on any atom is -0.369 e. The molecule has 0 heterocycles. The van der Waals surface area contributed by atoms with Crippen LogP contribution in [0.2, 0.25) is 0 Å². The Morgan fingerprint density at radius 2 is 1.83 bits per heavy atom. The number of anilines is 1. The summed E-state index contributed by atoms with van der Waals surface area (Å²) in [6.07, 6.45) is 0. The summed E-state index contributed by atoms with van der Waals surface area (Å²) in [6.45, 7) is 0. The summed E-state index contributed by atoms with van der Waals surface area (Å²) in [5.41, 5.74) is 5.84. The van der Waals surface area contributed by atoms with Crippen LogP contribution in [-0.2, 0) is 0 Å². The smallest absolute Gasteiger partial charge is 0.208 e. The van der Waals surface area contributed by atoms with E-state index in [2.05, 4.69) is 0 Å². The van der Waals surface area contributed by atoms with Gasteiger partial charge in [-0.05, 0) is 12.1 Å². The topological polar surface area (TPSA) is 53.1 Å². The molecule has 0 saturated carbocycles. The molecule has 0 fully saturated rings. The molecule has 0 aliphatic rings. The van der Waals surface area contributed by atoms with E-state index in [-0.39, 0.29) is 18.4 Å². The highest BCUT2D eigenvalue weighted by Gasteiger charge is 2.03. The Morgan fingerprint density at radius 1 is 1.33 bits per heavy atom. The highest BCUT2D eigenvalue weighted by atomic mass is 35.5. The van der Waals surface area contributed by atoms with Crippen molar-refractivity contribution in [3.8, 4) is 0 Å². The molecule has 1 aromatic rings. The summed E-state index contributed by atoms with van der Waals surface area (Å²) in [4.78, 5) is 0. The van der Waals surface area contributed by atoms with Crippen LogP contribution in [0.4, 0.5) is 5.69 Å². The molecule has 5 heteroatoms. The molecule has 0 unspecified atom stereocenters. The quantitative estimate of drug-likeness (QED) is 0.419. The van der Waals surface area contributed by atoms with Crippen LogP contribution in [0.3, 0.4) is 0 Å². The number of para-hydroxylation sites is 1. The summed E-state index contributed by atoms with van der Waals surface area (Å²) >= 11 is 5.62. The molecule has 0 bridgehead atoms. The van der Waals surface area contributed by atoms with Crippen LogP contribution < -0.4 is 10.2 Å². The number of nitrogens with one attached hydrogen (secondary N) is 1. The van der Waals surface area contributed by atoms with E-state index in [9.17, 15) is 0 Å². The van der Waals surface area contributed by atoms with Crippen molar-refractivity contribution in [2.75, 3.05) is 4.42 Å². The molecule has 0 aliphatic heterocycles. The first-order valence-corrected chi connectivity index (χ1v) is 3.40. The SMILES string of the molecule is Cl.N=C(N)N(Cl)c1ccccc1. The van der Waals surface area contributed by atoms with Crippen LogP contribution in [0, 0.1) is 5.41 Å². The van der Waals surface area contributed by atoms with E-state index in [0.29, 0.717) is 5.69 Å². The van der Waals surface area contributed by atoms with Gasteiger partial charge in [-0.1, -0.05) is 18.2 Å². The lowest BCUT2D eigenvalue weighted by molar-refractivity contribution is 1.34. The maximum Gasteiger partial charge on any atom is 0.208 e. The first-order valence-electron chi connectivity index (χ1n) is 3.07. The second-order valence-corrected chi connectivity index (χ2v) is 2.34. The van der Waals surface area contributed by atoms with Crippen molar-refractivity contribution in [1.29, 1.82) is 5.41 Å². The number of rotatable bonds is 1. The molecule has 0 aromatic heterocycles. The van der Waals surface area contributed by atoms with Gasteiger partial charge in [0, 0.05) is 11.8 Å². The van der Waals surface area contributed by atoms with Crippen LogP contribution in [0.25, 0.3) is 0 Å². The van der Waals surface area contributed by atoms with Gasteiger partial charge in [-0.15, -0.1) is 12.4 Å². The zero-order valence-electron chi connectivity index (χ0n) is 6.20. The van der Waals surface area contributed by atoms with Crippen molar-refractivity contribution in [2.24, 2.45) is 5.73 Å². The molecule has 0 amide bonds. The van der Waals surface area contributed by atoms with Gasteiger partial charge in [-0.25, -0.2) is 4.42 Å². The van der Waals surface area contributed by atoms with E-state index in [0.717, 1.165) is 4.42 Å². The van der Waals surface area contributed by atoms with Gasteiger partial charge in [0.05, 0.1) is 5.69 Å². The van der Waals surface area contributed by atoms with E-state index < -0.39 is 0 Å². The van der Waals surface area contributed by atoms with E-state index in [4.69, 9.17) is 22.9 Å². The number of benzene rings is 1. The maximum absolute atomic E-state index is 7.01. The standard InChI is InChI=1S/C7H8ClN3.ClH/c8-11(7(9)10)6-4-2-1-3-5-6;/h1-5H,(H3,9,10);1H. The fourth-order valence-electron chi connectivity index (χ4n) is 0.698. The monoisotopic (exact) mass is 205 g/mol. The fraction of sp³-hybridized carbons (Fsp3) is 0. The molecule has 66 valence electrons. The van der Waals surface area contributed by atoms with Gasteiger partial charge >= 0.3 is 0 Å². The van der Waals surface area contributed by atoms with Gasteiger partial charge in [0.25, 0.3) is 0 Å². The number of guanidine groups is 1. The lowest BCUT2D eigenvalue weighted by Gasteiger charge is -2.11. The van der Waals surface area contributed by atoms with Gasteiger partial charge in [-0.2, -0.15) is 0 Å². The Hall–Kier alpha value is -0.930. The van der Waals surface area contributed by atoms with Gasteiger partial charge < -0.3 is 5.73 Å². The predicted molar refractivity (Wildman–Crippen MR) is 53.9 cm³/mol. The van der Waals surface area contributed by atoms with E-state index >= 15 is 0 Å². The molecular formula is C7H9Cl2N3. The van der Waals surface area contributed by atoms with E-state index in [1.54, 1.807) is 12.1 Å². The Kier molecular flexibility index (Phi) is 4.47. The molecule has 3 N–H and O–H groups in total. The average Bonchev–Trinajstić information content (AvgIpc) is 2.05. The third-order valence-electron chi connectivity index (χ3n) is 1.19. The van der Waals surface area contributed by atoms with Crippen molar-refractivity contribution >= 4 is 35.8 Å². The van der Waals surface area contributed by atoms with Gasteiger partial charge in [-0.3, -0.25) is 5.41 Å². The van der Waals surface area contributed by atoms with Crippen molar-refractivity contribution in [2.45, 2.75) is 0 Å². The number of hydrogen-bond acceptors (Lipinski definition) is 1. The maximum atomic E-state index is 7.01. The second kappa shape index (κ2) is 4.85. The third kappa shape index (κ3) is 2.60. The first kappa shape index (κ1) is 11.1. The Balaban J connectivity index is 0.00000121. The Morgan fingerprint density at radius 3 is 2.25 bits per heavy atom. The number of nitrogens with zero attached hydrogens (tertiary/aromatic N) is 1. The fourth-order valence-corrected chi connectivity index (χ4v) is 0.811. The van der Waals surface area contributed by atoms with Crippen LogP contribution in [-0.4, -0.2) is 5.96 Å². The molecule has 0 spiro atoms. The number of nitrogens with two attached hydrogens (primary N) is 1. The lowest BCUT2D eigenvalue weighted by Crippen LogP contribution is -2.27. The summed E-state index contributed by atoms with van der Waals surface area (Å²) in [5.74, 6) is -0.183. The number of halogens is 2. The van der Waals surface area contributed by atoms with Crippen molar-refractivity contribution in [1.82, 2.24) is 0 Å². The normalized spacial score (nSPS) is 8.42. The summed E-state index contributed by atoms with van der Waals surface area (Å²) in [5, 5.41) is 7.01. The molecule has 0 aliphatic carbocycles. The molecular weight excluding hydrogens is 197 g/mol. The molecule has 0 atom stereocenters. The highest BCUT2D eigenvalue weighted by molar-refractivity contribution is 6.36. The van der Waals surface area contributed by atoms with E-state index in [1.165, 1.54) is 0 Å². The second-order valence-electron chi connectivity index (χ2n) is 2.00. The molecule has 3 nitrogen and oxygen atoms in total. The van der Waals surface area contributed by atoms with Gasteiger partial charge in [0.15, 0.2) is 0 Å². The molecule has 1 rings (SSSR count). The first-order chi connectivity index (χ1) is 5.22. The largest absolute Gasteiger partial charge is 0.369 e. The van der Waals surface area contributed by atoms with Gasteiger partial charge in [0.2, 0.25) is 5.96 Å². The van der Waals surface area contributed by atoms with Crippen LogP contribution in [0.15, 0.2) is 30.3 Å². The van der Waals surface area contributed by atoms with Crippen molar-refractivity contribution in [3.05, 3.63) is 30.3 Å². The predicted octanol–water partition coefficient (Wildman–Crippen LogP) is 1.96. The van der Waals surface area contributed by atoms with Crippen molar-refractivity contribution < 1.29 is 0 Å². The van der Waals surface area contributed by atoms with Crippen LogP contribution in [0.5, 0.6) is 0 Å². The average molecular weight is 206 g/mol. The van der Waals surface area contributed by atoms with Crippen LogP contribution in [0.1, 0.15) is 0 Å². The van der Waals surface area contributed by atoms with Crippen LogP contribution >= 0.6 is 24.2 Å². The zero-order chi connectivity index (χ0) is 8.27. The lowest BCUT2D eigenvalue weighted by atomic mass is 10.3. The summed E-state index contributed by atoms with van der Waals surface area (Å²) in [6, 6.07) is 9.07. The minimum absolute atomic E-state index is 0. The minimum atomic E-state index is -0.183. The molecule has 12 heavy (non-hydrogen) atoms. The Labute approximate surface area is 82.1 Å². The highest BCUT2D eigenvalue weighted by Crippen LogP contribution is 2.13. The number of hydrogen-bond donors (Lipinski definition) is 2. The molecule has 0 radical (unpaired) electrons. The zero-order valence-corrected chi connectivity index (χ0v) is 7.77. The summed E-state index contributed by atoms with van der Waals surface area (Å²) in [7, 11) is 0.